The molecule has 0 bridgehead atoms. The number of fused-ring (bicyclic) bond motifs is 1. The van der Waals surface area contributed by atoms with Crippen LogP contribution in [0.25, 0.3) is 4.96 Å². The number of halogens is 1. The summed E-state index contributed by atoms with van der Waals surface area (Å²) in [4.78, 5) is 19.3. The molecule has 25 heavy (non-hydrogen) atoms. The molecule has 0 fully saturated rings. The zero-order valence-electron chi connectivity index (χ0n) is 14.1. The fourth-order valence-electron chi connectivity index (χ4n) is 2.60. The third-order valence-electron chi connectivity index (χ3n) is 3.78. The molecule has 0 aliphatic heterocycles. The van der Waals surface area contributed by atoms with Crippen molar-refractivity contribution in [3.05, 3.63) is 63.0 Å². The molecule has 6 nitrogen and oxygen atoms in total. The van der Waals surface area contributed by atoms with E-state index < -0.39 is 0 Å². The average Bonchev–Trinajstić information content (AvgIpc) is 2.96. The first-order valence-electron chi connectivity index (χ1n) is 7.98. The van der Waals surface area contributed by atoms with Gasteiger partial charge < -0.3 is 5.73 Å². The van der Waals surface area contributed by atoms with Gasteiger partial charge >= 0.3 is 0 Å². The van der Waals surface area contributed by atoms with Crippen molar-refractivity contribution in [2.75, 3.05) is 19.6 Å². The molecule has 0 atom stereocenters. The third-order valence-corrected chi connectivity index (χ3v) is 4.67. The Labute approximate surface area is 156 Å². The second-order valence-corrected chi connectivity index (χ2v) is 6.77. The highest BCUT2D eigenvalue weighted by Crippen LogP contribution is 2.14. The fourth-order valence-corrected chi connectivity index (χ4v) is 3.59. The molecule has 2 N–H and O–H groups in total. The van der Waals surface area contributed by atoms with Crippen LogP contribution in [-0.2, 0) is 13.0 Å². The van der Waals surface area contributed by atoms with Crippen molar-refractivity contribution < 1.29 is 0 Å². The highest BCUT2D eigenvalue weighted by atomic mass is 35.5. The van der Waals surface area contributed by atoms with Gasteiger partial charge in [0.15, 0.2) is 0 Å². The van der Waals surface area contributed by atoms with Gasteiger partial charge in [-0.15, -0.1) is 12.4 Å². The fraction of sp³-hybridized carbons (Fsp3) is 0.353. The van der Waals surface area contributed by atoms with Crippen LogP contribution in [0.4, 0.5) is 0 Å². The highest BCUT2D eigenvalue weighted by Gasteiger charge is 2.12. The molecule has 1 aromatic carbocycles. The lowest BCUT2D eigenvalue weighted by Gasteiger charge is -2.20. The van der Waals surface area contributed by atoms with Gasteiger partial charge in [0.2, 0.25) is 4.96 Å². The molecule has 0 amide bonds. The van der Waals surface area contributed by atoms with E-state index in [9.17, 15) is 4.79 Å². The summed E-state index contributed by atoms with van der Waals surface area (Å²) in [5.74, 6) is 0. The lowest BCUT2D eigenvalue weighted by Crippen LogP contribution is -2.31. The zero-order chi connectivity index (χ0) is 16.9. The Morgan fingerprint density at radius 1 is 1.24 bits per heavy atom. The minimum Gasteiger partial charge on any atom is -0.329 e. The van der Waals surface area contributed by atoms with Crippen molar-refractivity contribution in [1.82, 2.24) is 19.5 Å². The van der Waals surface area contributed by atoms with Gasteiger partial charge in [-0.25, -0.2) is 4.98 Å². The maximum absolute atomic E-state index is 12.0. The lowest BCUT2D eigenvalue weighted by atomic mass is 10.1. The molecule has 0 saturated heterocycles. The van der Waals surface area contributed by atoms with E-state index in [2.05, 4.69) is 39.2 Å². The summed E-state index contributed by atoms with van der Waals surface area (Å²) in [6.07, 6.45) is 0.961. The van der Waals surface area contributed by atoms with Gasteiger partial charge in [0, 0.05) is 31.4 Å². The third kappa shape index (κ3) is 5.09. The molecule has 3 aromatic rings. The molecule has 134 valence electrons. The van der Waals surface area contributed by atoms with Crippen LogP contribution in [0.3, 0.4) is 0 Å². The van der Waals surface area contributed by atoms with Crippen LogP contribution < -0.4 is 11.3 Å². The summed E-state index contributed by atoms with van der Waals surface area (Å²) in [6, 6.07) is 11.9. The Kier molecular flexibility index (Phi) is 7.07. The van der Waals surface area contributed by atoms with Gasteiger partial charge in [-0.2, -0.15) is 9.61 Å². The molecule has 0 unspecified atom stereocenters. The predicted octanol–water partition coefficient (Wildman–Crippen LogP) is 1.88. The quantitative estimate of drug-likeness (QED) is 0.678. The second-order valence-electron chi connectivity index (χ2n) is 5.73. The molecule has 0 aliphatic rings. The van der Waals surface area contributed by atoms with E-state index in [1.54, 1.807) is 0 Å². The first-order chi connectivity index (χ1) is 11.7. The number of benzene rings is 1. The Morgan fingerprint density at radius 2 is 2.00 bits per heavy atom. The van der Waals surface area contributed by atoms with Crippen molar-refractivity contribution >= 4 is 28.7 Å². The summed E-state index contributed by atoms with van der Waals surface area (Å²) >= 11 is 1.46. The van der Waals surface area contributed by atoms with E-state index in [1.165, 1.54) is 27.5 Å². The topological polar surface area (TPSA) is 76.5 Å². The van der Waals surface area contributed by atoms with Crippen LogP contribution in [0, 0.1) is 6.92 Å². The van der Waals surface area contributed by atoms with Gasteiger partial charge in [-0.1, -0.05) is 41.7 Å². The molecule has 2 aromatic heterocycles. The van der Waals surface area contributed by atoms with Crippen LogP contribution in [0.1, 0.15) is 16.3 Å². The number of rotatable bonds is 7. The predicted molar refractivity (Wildman–Crippen MR) is 104 cm³/mol. The van der Waals surface area contributed by atoms with Crippen LogP contribution in [0.2, 0.25) is 0 Å². The summed E-state index contributed by atoms with van der Waals surface area (Å²) in [5.41, 5.74) is 7.64. The Bertz CT molecular complexity index is 864. The number of nitrogens with two attached hydrogens (primary N) is 1. The van der Waals surface area contributed by atoms with Crippen LogP contribution in [0.5, 0.6) is 0 Å². The van der Waals surface area contributed by atoms with Crippen LogP contribution >= 0.6 is 23.7 Å². The molecule has 2 heterocycles. The van der Waals surface area contributed by atoms with Gasteiger partial charge in [0.05, 0.1) is 6.54 Å². The maximum atomic E-state index is 12.0. The monoisotopic (exact) mass is 379 g/mol. The van der Waals surface area contributed by atoms with E-state index in [-0.39, 0.29) is 18.0 Å². The van der Waals surface area contributed by atoms with Crippen molar-refractivity contribution in [2.45, 2.75) is 19.9 Å². The number of aromatic nitrogens is 3. The smallest absolute Gasteiger partial charge is 0.275 e. The van der Waals surface area contributed by atoms with Gasteiger partial charge in [-0.05, 0) is 18.9 Å². The molecule has 8 heteroatoms. The van der Waals surface area contributed by atoms with Crippen molar-refractivity contribution in [2.24, 2.45) is 5.73 Å². The Morgan fingerprint density at radius 3 is 2.72 bits per heavy atom. The van der Waals surface area contributed by atoms with E-state index in [1.807, 2.05) is 13.0 Å². The Balaban J connectivity index is 0.00000225. The van der Waals surface area contributed by atoms with Crippen molar-refractivity contribution in [1.29, 1.82) is 0 Å². The standard InChI is InChI=1S/C17H21N5OS.ClH/c1-13-11-16(23)22-17(19-13)24-15(20-22)12-21(10-8-18)9-7-14-5-3-2-4-6-14;/h2-6,11H,7-10,12,18H2,1H3;1H. The first-order valence-corrected chi connectivity index (χ1v) is 8.80. The Hall–Kier alpha value is -1.80. The van der Waals surface area contributed by atoms with E-state index in [0.717, 1.165) is 30.2 Å². The molecule has 0 spiro atoms. The molecule has 0 saturated carbocycles. The normalized spacial score (nSPS) is 11.0. The van der Waals surface area contributed by atoms with E-state index >= 15 is 0 Å². The van der Waals surface area contributed by atoms with Crippen LogP contribution in [0.15, 0.2) is 41.2 Å². The molecule has 0 radical (unpaired) electrons. The summed E-state index contributed by atoms with van der Waals surface area (Å²) < 4.78 is 1.38. The van der Waals surface area contributed by atoms with Gasteiger partial charge in [0.1, 0.15) is 5.01 Å². The zero-order valence-corrected chi connectivity index (χ0v) is 15.7. The summed E-state index contributed by atoms with van der Waals surface area (Å²) in [6.45, 7) is 4.79. The van der Waals surface area contributed by atoms with Crippen molar-refractivity contribution in [3.8, 4) is 0 Å². The minimum atomic E-state index is -0.130. The minimum absolute atomic E-state index is 0. The molecular weight excluding hydrogens is 358 g/mol. The first kappa shape index (κ1) is 19.5. The SMILES string of the molecule is Cc1cc(=O)n2nc(CN(CCN)CCc3ccccc3)sc2n1.Cl. The average molecular weight is 380 g/mol. The van der Waals surface area contributed by atoms with Crippen LogP contribution in [-0.4, -0.2) is 39.1 Å². The number of nitrogens with zero attached hydrogens (tertiary/aromatic N) is 4. The van der Waals surface area contributed by atoms with Gasteiger partial charge in [0.25, 0.3) is 5.56 Å². The maximum Gasteiger partial charge on any atom is 0.275 e. The number of aryl methyl sites for hydroxylation is 1. The number of hydrogen-bond acceptors (Lipinski definition) is 6. The second kappa shape index (κ2) is 9.05. The molecule has 3 rings (SSSR count). The molecule has 0 aliphatic carbocycles. The van der Waals surface area contributed by atoms with Gasteiger partial charge in [-0.3, -0.25) is 9.69 Å². The van der Waals surface area contributed by atoms with Crippen molar-refractivity contribution in [3.63, 3.8) is 0 Å². The number of hydrogen-bond donors (Lipinski definition) is 1. The molecular formula is C17H22ClN5OS. The van der Waals surface area contributed by atoms with E-state index in [0.29, 0.717) is 18.1 Å². The van der Waals surface area contributed by atoms with E-state index in [4.69, 9.17) is 5.73 Å². The largest absolute Gasteiger partial charge is 0.329 e. The highest BCUT2D eigenvalue weighted by molar-refractivity contribution is 7.16. The summed E-state index contributed by atoms with van der Waals surface area (Å²) in [7, 11) is 0. The summed E-state index contributed by atoms with van der Waals surface area (Å²) in [5, 5.41) is 5.29. The lowest BCUT2D eigenvalue weighted by molar-refractivity contribution is 0.275.